The standard InChI is InChI=1S/C19H15ClN4/c1-12-7-9-14(10-8-12)19-15-11-21-22-13(2)18(15)23-24(19)17-6-4-3-5-16(17)20/h3-11H,1-2H3. The van der Waals surface area contributed by atoms with Crippen LogP contribution in [0.3, 0.4) is 0 Å². The van der Waals surface area contributed by atoms with E-state index in [4.69, 9.17) is 16.7 Å². The first-order valence-electron chi connectivity index (χ1n) is 7.68. The van der Waals surface area contributed by atoms with Crippen molar-refractivity contribution in [2.24, 2.45) is 0 Å². The van der Waals surface area contributed by atoms with Gasteiger partial charge in [-0.05, 0) is 26.0 Å². The molecule has 0 N–H and O–H groups in total. The van der Waals surface area contributed by atoms with Gasteiger partial charge in [0, 0.05) is 5.56 Å². The van der Waals surface area contributed by atoms with Gasteiger partial charge in [-0.1, -0.05) is 53.6 Å². The molecule has 0 aliphatic heterocycles. The summed E-state index contributed by atoms with van der Waals surface area (Å²) in [5, 5.41) is 14.6. The van der Waals surface area contributed by atoms with Crippen molar-refractivity contribution in [2.75, 3.05) is 0 Å². The lowest BCUT2D eigenvalue weighted by atomic mass is 10.1. The van der Waals surface area contributed by atoms with Gasteiger partial charge in [0.05, 0.1) is 33.7 Å². The minimum atomic E-state index is 0.650. The zero-order chi connectivity index (χ0) is 16.7. The summed E-state index contributed by atoms with van der Waals surface area (Å²) in [6.45, 7) is 3.99. The molecule has 4 nitrogen and oxygen atoms in total. The average Bonchev–Trinajstić information content (AvgIpc) is 2.97. The van der Waals surface area contributed by atoms with Crippen molar-refractivity contribution in [1.29, 1.82) is 0 Å². The number of hydrogen-bond donors (Lipinski definition) is 0. The van der Waals surface area contributed by atoms with E-state index in [1.165, 1.54) is 5.56 Å². The predicted octanol–water partition coefficient (Wildman–Crippen LogP) is 4.75. The van der Waals surface area contributed by atoms with Gasteiger partial charge in [-0.3, -0.25) is 0 Å². The van der Waals surface area contributed by atoms with Crippen molar-refractivity contribution >= 4 is 22.5 Å². The van der Waals surface area contributed by atoms with E-state index in [0.29, 0.717) is 5.02 Å². The Balaban J connectivity index is 2.10. The molecule has 0 radical (unpaired) electrons. The fraction of sp³-hybridized carbons (Fsp3) is 0.105. The molecule has 2 aromatic heterocycles. The van der Waals surface area contributed by atoms with Crippen LogP contribution in [-0.4, -0.2) is 20.0 Å². The first kappa shape index (κ1) is 14.8. The quantitative estimate of drug-likeness (QED) is 0.531. The van der Waals surface area contributed by atoms with Gasteiger partial charge >= 0.3 is 0 Å². The van der Waals surface area contributed by atoms with Crippen molar-refractivity contribution in [3.8, 4) is 16.9 Å². The Morgan fingerprint density at radius 1 is 0.958 bits per heavy atom. The Labute approximate surface area is 144 Å². The fourth-order valence-corrected chi connectivity index (χ4v) is 3.04. The SMILES string of the molecule is Cc1ccc(-c2c3cnnc(C)c3nn2-c2ccccc2Cl)cc1. The van der Waals surface area contributed by atoms with Crippen LogP contribution in [0.5, 0.6) is 0 Å². The summed E-state index contributed by atoms with van der Waals surface area (Å²) >= 11 is 6.42. The Morgan fingerprint density at radius 3 is 2.46 bits per heavy atom. The maximum atomic E-state index is 6.42. The molecule has 2 heterocycles. The average molecular weight is 335 g/mol. The number of benzene rings is 2. The monoisotopic (exact) mass is 334 g/mol. The molecular formula is C19H15ClN4. The maximum Gasteiger partial charge on any atom is 0.118 e. The number of hydrogen-bond acceptors (Lipinski definition) is 3. The summed E-state index contributed by atoms with van der Waals surface area (Å²) in [5.41, 5.74) is 5.71. The molecule has 5 heteroatoms. The van der Waals surface area contributed by atoms with Crippen LogP contribution in [0.4, 0.5) is 0 Å². The van der Waals surface area contributed by atoms with Crippen LogP contribution in [0.15, 0.2) is 54.7 Å². The molecular weight excluding hydrogens is 320 g/mol. The van der Waals surface area contributed by atoms with Crippen molar-refractivity contribution in [3.63, 3.8) is 0 Å². The summed E-state index contributed by atoms with van der Waals surface area (Å²) in [6, 6.07) is 16.1. The molecule has 0 bridgehead atoms. The molecule has 0 unspecified atom stereocenters. The van der Waals surface area contributed by atoms with Crippen LogP contribution >= 0.6 is 11.6 Å². The van der Waals surface area contributed by atoms with Crippen LogP contribution in [0.25, 0.3) is 27.8 Å². The molecule has 0 aliphatic rings. The Bertz CT molecular complexity index is 1040. The molecule has 118 valence electrons. The van der Waals surface area contributed by atoms with Gasteiger partial charge in [0.25, 0.3) is 0 Å². The third-order valence-electron chi connectivity index (χ3n) is 4.06. The third-order valence-corrected chi connectivity index (χ3v) is 4.38. The molecule has 2 aromatic carbocycles. The number of para-hydroxylation sites is 1. The van der Waals surface area contributed by atoms with Gasteiger partial charge in [0.2, 0.25) is 0 Å². The van der Waals surface area contributed by atoms with Gasteiger partial charge in [0.15, 0.2) is 0 Å². The Morgan fingerprint density at radius 2 is 1.71 bits per heavy atom. The van der Waals surface area contributed by atoms with E-state index in [0.717, 1.165) is 33.5 Å². The lowest BCUT2D eigenvalue weighted by molar-refractivity contribution is 0.897. The molecule has 4 aromatic rings. The second-order valence-corrected chi connectivity index (χ2v) is 6.18. The highest BCUT2D eigenvalue weighted by molar-refractivity contribution is 6.32. The van der Waals surface area contributed by atoms with E-state index in [1.54, 1.807) is 6.20 Å². The first-order chi connectivity index (χ1) is 11.6. The molecule has 0 saturated carbocycles. The van der Waals surface area contributed by atoms with Crippen molar-refractivity contribution in [2.45, 2.75) is 13.8 Å². The van der Waals surface area contributed by atoms with Crippen molar-refractivity contribution < 1.29 is 0 Å². The van der Waals surface area contributed by atoms with Crippen LogP contribution in [-0.2, 0) is 0 Å². The number of aryl methyl sites for hydroxylation is 2. The topological polar surface area (TPSA) is 43.6 Å². The first-order valence-corrected chi connectivity index (χ1v) is 8.06. The number of rotatable bonds is 2. The predicted molar refractivity (Wildman–Crippen MR) is 96.6 cm³/mol. The number of nitrogens with zero attached hydrogens (tertiary/aromatic N) is 4. The molecule has 0 aliphatic carbocycles. The maximum absolute atomic E-state index is 6.42. The number of halogens is 1. The minimum Gasteiger partial charge on any atom is -0.230 e. The Kier molecular flexibility index (Phi) is 3.54. The second kappa shape index (κ2) is 5.73. The summed E-state index contributed by atoms with van der Waals surface area (Å²) < 4.78 is 1.88. The van der Waals surface area contributed by atoms with Crippen LogP contribution in [0.1, 0.15) is 11.3 Å². The molecule has 24 heavy (non-hydrogen) atoms. The second-order valence-electron chi connectivity index (χ2n) is 5.77. The van der Waals surface area contributed by atoms with E-state index >= 15 is 0 Å². The normalized spacial score (nSPS) is 11.1. The van der Waals surface area contributed by atoms with Gasteiger partial charge in [0.1, 0.15) is 5.52 Å². The molecule has 0 amide bonds. The van der Waals surface area contributed by atoms with Gasteiger partial charge in [-0.2, -0.15) is 15.3 Å². The van der Waals surface area contributed by atoms with Gasteiger partial charge in [-0.25, -0.2) is 4.68 Å². The summed E-state index contributed by atoms with van der Waals surface area (Å²) in [6.07, 6.45) is 1.76. The zero-order valence-electron chi connectivity index (χ0n) is 13.4. The molecule has 0 spiro atoms. The largest absolute Gasteiger partial charge is 0.230 e. The molecule has 0 saturated heterocycles. The minimum absolute atomic E-state index is 0.650. The highest BCUT2D eigenvalue weighted by Gasteiger charge is 2.18. The van der Waals surface area contributed by atoms with Gasteiger partial charge in [-0.15, -0.1) is 0 Å². The van der Waals surface area contributed by atoms with E-state index in [9.17, 15) is 0 Å². The summed E-state index contributed by atoms with van der Waals surface area (Å²) in [5.74, 6) is 0. The molecule has 4 rings (SSSR count). The summed E-state index contributed by atoms with van der Waals surface area (Å²) in [7, 11) is 0. The fourth-order valence-electron chi connectivity index (χ4n) is 2.83. The van der Waals surface area contributed by atoms with E-state index < -0.39 is 0 Å². The van der Waals surface area contributed by atoms with Gasteiger partial charge < -0.3 is 0 Å². The van der Waals surface area contributed by atoms with Crippen LogP contribution in [0.2, 0.25) is 5.02 Å². The van der Waals surface area contributed by atoms with E-state index in [2.05, 4.69) is 41.4 Å². The van der Waals surface area contributed by atoms with Crippen LogP contribution < -0.4 is 0 Å². The van der Waals surface area contributed by atoms with E-state index in [1.807, 2.05) is 35.9 Å². The molecule has 0 fully saturated rings. The third kappa shape index (κ3) is 2.36. The molecule has 0 atom stereocenters. The number of fused-ring (bicyclic) bond motifs is 1. The van der Waals surface area contributed by atoms with Crippen molar-refractivity contribution in [1.82, 2.24) is 20.0 Å². The lowest BCUT2D eigenvalue weighted by Crippen LogP contribution is -2.00. The highest BCUT2D eigenvalue weighted by Crippen LogP contribution is 2.33. The summed E-state index contributed by atoms with van der Waals surface area (Å²) in [4.78, 5) is 0. The van der Waals surface area contributed by atoms with Crippen LogP contribution in [0, 0.1) is 13.8 Å². The number of aromatic nitrogens is 4. The van der Waals surface area contributed by atoms with Crippen molar-refractivity contribution in [3.05, 3.63) is 71.0 Å². The Hall–Kier alpha value is -2.72. The zero-order valence-corrected chi connectivity index (χ0v) is 14.1. The lowest BCUT2D eigenvalue weighted by Gasteiger charge is -2.10. The highest BCUT2D eigenvalue weighted by atomic mass is 35.5. The van der Waals surface area contributed by atoms with E-state index in [-0.39, 0.29) is 0 Å². The smallest absolute Gasteiger partial charge is 0.118 e.